The molecule has 1 saturated heterocycles. The molecule has 2 heterocycles. The van der Waals surface area contributed by atoms with E-state index in [2.05, 4.69) is 18.2 Å². The molecule has 0 aromatic heterocycles. The van der Waals surface area contributed by atoms with Crippen molar-refractivity contribution in [2.45, 2.75) is 38.5 Å². The standard InChI is InChI=1S/C17H23NO2/c19-17(8-7-14-9-12-20-13-10-14)18-11-3-5-15-4-1-2-6-16(15)18/h1-2,4,6,14H,3,5,7-13H2. The van der Waals surface area contributed by atoms with E-state index < -0.39 is 0 Å². The number of rotatable bonds is 3. The number of ether oxygens (including phenoxy) is 1. The number of carbonyl (C=O) groups is 1. The van der Waals surface area contributed by atoms with Crippen molar-refractivity contribution in [3.05, 3.63) is 29.8 Å². The Labute approximate surface area is 120 Å². The summed E-state index contributed by atoms with van der Waals surface area (Å²) in [5.41, 5.74) is 2.45. The van der Waals surface area contributed by atoms with E-state index in [-0.39, 0.29) is 0 Å². The Kier molecular flexibility index (Phi) is 4.36. The topological polar surface area (TPSA) is 29.5 Å². The van der Waals surface area contributed by atoms with Gasteiger partial charge in [0.25, 0.3) is 0 Å². The van der Waals surface area contributed by atoms with E-state index in [1.807, 2.05) is 11.0 Å². The maximum Gasteiger partial charge on any atom is 0.226 e. The Balaban J connectivity index is 1.60. The van der Waals surface area contributed by atoms with Crippen molar-refractivity contribution < 1.29 is 9.53 Å². The molecule has 0 spiro atoms. The molecule has 0 unspecified atom stereocenters. The molecular formula is C17H23NO2. The molecule has 0 radical (unpaired) electrons. The first-order valence-electron chi connectivity index (χ1n) is 7.80. The summed E-state index contributed by atoms with van der Waals surface area (Å²) in [7, 11) is 0. The first-order chi connectivity index (χ1) is 9.84. The largest absolute Gasteiger partial charge is 0.381 e. The molecule has 108 valence electrons. The van der Waals surface area contributed by atoms with Crippen molar-refractivity contribution in [3.63, 3.8) is 0 Å². The maximum absolute atomic E-state index is 12.5. The van der Waals surface area contributed by atoms with Gasteiger partial charge in [0.2, 0.25) is 5.91 Å². The minimum absolute atomic E-state index is 0.295. The van der Waals surface area contributed by atoms with Crippen LogP contribution in [0.15, 0.2) is 24.3 Å². The molecule has 1 aromatic carbocycles. The van der Waals surface area contributed by atoms with Crippen LogP contribution in [0, 0.1) is 5.92 Å². The van der Waals surface area contributed by atoms with Crippen LogP contribution < -0.4 is 4.90 Å². The van der Waals surface area contributed by atoms with Gasteiger partial charge in [0, 0.05) is 31.9 Å². The van der Waals surface area contributed by atoms with Crippen LogP contribution in [0.4, 0.5) is 5.69 Å². The van der Waals surface area contributed by atoms with Crippen molar-refractivity contribution in [1.82, 2.24) is 0 Å². The van der Waals surface area contributed by atoms with Crippen LogP contribution in [0.1, 0.15) is 37.7 Å². The fourth-order valence-electron chi connectivity index (χ4n) is 3.29. The zero-order chi connectivity index (χ0) is 13.8. The van der Waals surface area contributed by atoms with Crippen molar-refractivity contribution in [2.75, 3.05) is 24.7 Å². The van der Waals surface area contributed by atoms with Gasteiger partial charge < -0.3 is 9.64 Å². The van der Waals surface area contributed by atoms with Crippen LogP contribution in [-0.4, -0.2) is 25.7 Å². The molecule has 3 nitrogen and oxygen atoms in total. The summed E-state index contributed by atoms with van der Waals surface area (Å²) >= 11 is 0. The first kappa shape index (κ1) is 13.6. The summed E-state index contributed by atoms with van der Waals surface area (Å²) in [6, 6.07) is 8.33. The van der Waals surface area contributed by atoms with Crippen molar-refractivity contribution in [2.24, 2.45) is 5.92 Å². The van der Waals surface area contributed by atoms with Crippen LogP contribution in [0.25, 0.3) is 0 Å². The van der Waals surface area contributed by atoms with Gasteiger partial charge in [-0.3, -0.25) is 4.79 Å². The van der Waals surface area contributed by atoms with E-state index in [0.29, 0.717) is 18.2 Å². The van der Waals surface area contributed by atoms with Crippen molar-refractivity contribution >= 4 is 11.6 Å². The monoisotopic (exact) mass is 273 g/mol. The molecule has 0 N–H and O–H groups in total. The lowest BCUT2D eigenvalue weighted by atomic mass is 9.94. The zero-order valence-corrected chi connectivity index (χ0v) is 12.0. The smallest absolute Gasteiger partial charge is 0.226 e. The van der Waals surface area contributed by atoms with Gasteiger partial charge in [-0.2, -0.15) is 0 Å². The molecule has 20 heavy (non-hydrogen) atoms. The third-order valence-electron chi connectivity index (χ3n) is 4.52. The number of hydrogen-bond donors (Lipinski definition) is 0. The molecule has 3 heteroatoms. The fourth-order valence-corrected chi connectivity index (χ4v) is 3.29. The number of nitrogens with zero attached hydrogens (tertiary/aromatic N) is 1. The second-order valence-corrected chi connectivity index (χ2v) is 5.87. The van der Waals surface area contributed by atoms with E-state index in [1.54, 1.807) is 0 Å². The van der Waals surface area contributed by atoms with E-state index >= 15 is 0 Å². The quantitative estimate of drug-likeness (QED) is 0.846. The lowest BCUT2D eigenvalue weighted by Gasteiger charge is -2.30. The molecule has 0 bridgehead atoms. The Bertz CT molecular complexity index is 466. The molecule has 0 aliphatic carbocycles. The molecule has 2 aliphatic rings. The van der Waals surface area contributed by atoms with Gasteiger partial charge in [-0.1, -0.05) is 18.2 Å². The van der Waals surface area contributed by atoms with Crippen LogP contribution in [0.2, 0.25) is 0 Å². The summed E-state index contributed by atoms with van der Waals surface area (Å²) in [4.78, 5) is 14.5. The Hall–Kier alpha value is -1.35. The third-order valence-corrected chi connectivity index (χ3v) is 4.52. The number of amides is 1. The normalized spacial score (nSPS) is 19.7. The molecule has 1 fully saturated rings. The highest BCUT2D eigenvalue weighted by atomic mass is 16.5. The average Bonchev–Trinajstić information content (AvgIpc) is 2.53. The first-order valence-corrected chi connectivity index (χ1v) is 7.80. The van der Waals surface area contributed by atoms with Gasteiger partial charge in [0.05, 0.1) is 0 Å². The van der Waals surface area contributed by atoms with Crippen LogP contribution in [-0.2, 0) is 16.0 Å². The predicted molar refractivity (Wildman–Crippen MR) is 79.9 cm³/mol. The highest BCUT2D eigenvalue weighted by molar-refractivity contribution is 5.94. The molecule has 1 amide bonds. The van der Waals surface area contributed by atoms with E-state index in [0.717, 1.165) is 57.6 Å². The minimum Gasteiger partial charge on any atom is -0.381 e. The number of hydrogen-bond acceptors (Lipinski definition) is 2. The van der Waals surface area contributed by atoms with E-state index in [9.17, 15) is 4.79 Å². The lowest BCUT2D eigenvalue weighted by molar-refractivity contribution is -0.119. The van der Waals surface area contributed by atoms with Crippen LogP contribution >= 0.6 is 0 Å². The minimum atomic E-state index is 0.295. The molecule has 2 aliphatic heterocycles. The molecule has 3 rings (SSSR count). The fraction of sp³-hybridized carbons (Fsp3) is 0.588. The van der Waals surface area contributed by atoms with Crippen LogP contribution in [0.5, 0.6) is 0 Å². The number of carbonyl (C=O) groups excluding carboxylic acids is 1. The number of benzene rings is 1. The second-order valence-electron chi connectivity index (χ2n) is 5.87. The lowest BCUT2D eigenvalue weighted by Crippen LogP contribution is -2.35. The Morgan fingerprint density at radius 1 is 1.25 bits per heavy atom. The highest BCUT2D eigenvalue weighted by Gasteiger charge is 2.23. The van der Waals surface area contributed by atoms with Gasteiger partial charge in [-0.15, -0.1) is 0 Å². The Morgan fingerprint density at radius 3 is 2.90 bits per heavy atom. The second kappa shape index (κ2) is 6.40. The van der Waals surface area contributed by atoms with Crippen molar-refractivity contribution in [1.29, 1.82) is 0 Å². The van der Waals surface area contributed by atoms with E-state index in [1.165, 1.54) is 5.56 Å². The number of fused-ring (bicyclic) bond motifs is 1. The Morgan fingerprint density at radius 2 is 2.05 bits per heavy atom. The maximum atomic E-state index is 12.5. The van der Waals surface area contributed by atoms with Gasteiger partial charge in [-0.25, -0.2) is 0 Å². The third kappa shape index (κ3) is 3.04. The van der Waals surface area contributed by atoms with Gasteiger partial charge in [-0.05, 0) is 49.7 Å². The van der Waals surface area contributed by atoms with Gasteiger partial charge >= 0.3 is 0 Å². The predicted octanol–water partition coefficient (Wildman–Crippen LogP) is 3.17. The molecular weight excluding hydrogens is 250 g/mol. The SMILES string of the molecule is O=C(CCC1CCOCC1)N1CCCc2ccccc21. The number of anilines is 1. The molecule has 0 saturated carbocycles. The number of aryl methyl sites for hydroxylation is 1. The summed E-state index contributed by atoms with van der Waals surface area (Å²) < 4.78 is 5.37. The summed E-state index contributed by atoms with van der Waals surface area (Å²) in [5.74, 6) is 0.969. The summed E-state index contributed by atoms with van der Waals surface area (Å²) in [5, 5.41) is 0. The molecule has 1 aromatic rings. The van der Waals surface area contributed by atoms with E-state index in [4.69, 9.17) is 4.74 Å². The van der Waals surface area contributed by atoms with Crippen LogP contribution in [0.3, 0.4) is 0 Å². The molecule has 0 atom stereocenters. The zero-order valence-electron chi connectivity index (χ0n) is 12.0. The highest BCUT2D eigenvalue weighted by Crippen LogP contribution is 2.28. The van der Waals surface area contributed by atoms with Gasteiger partial charge in [0.1, 0.15) is 0 Å². The summed E-state index contributed by atoms with van der Waals surface area (Å²) in [6.07, 6.45) is 6.10. The summed E-state index contributed by atoms with van der Waals surface area (Å²) in [6.45, 7) is 2.61. The number of para-hydroxylation sites is 1. The van der Waals surface area contributed by atoms with Crippen molar-refractivity contribution in [3.8, 4) is 0 Å². The van der Waals surface area contributed by atoms with Gasteiger partial charge in [0.15, 0.2) is 0 Å². The average molecular weight is 273 g/mol.